The third-order valence-electron chi connectivity index (χ3n) is 1.32. The van der Waals surface area contributed by atoms with Gasteiger partial charge >= 0.3 is 11.9 Å². The van der Waals surface area contributed by atoms with Gasteiger partial charge in [-0.2, -0.15) is 6.41 Å². The Kier molecular flexibility index (Phi) is 10.4. The van der Waals surface area contributed by atoms with E-state index in [2.05, 4.69) is 9.47 Å². The first kappa shape index (κ1) is 16.0. The van der Waals surface area contributed by atoms with E-state index < -0.39 is 18.0 Å². The summed E-state index contributed by atoms with van der Waals surface area (Å²) >= 11 is 0. The van der Waals surface area contributed by atoms with Crippen LogP contribution in [0.3, 0.4) is 0 Å². The van der Waals surface area contributed by atoms with Crippen LogP contribution in [0.5, 0.6) is 0 Å². The molecule has 7 heteroatoms. The van der Waals surface area contributed by atoms with E-state index in [9.17, 15) is 14.4 Å². The summed E-state index contributed by atoms with van der Waals surface area (Å²) in [6, 6.07) is -1.03. The molecule has 0 spiro atoms. The van der Waals surface area contributed by atoms with Crippen molar-refractivity contribution >= 4 is 18.3 Å². The molecule has 77 valence electrons. The Balaban J connectivity index is 0. The fourth-order valence-electron chi connectivity index (χ4n) is 0.657. The van der Waals surface area contributed by atoms with Crippen molar-refractivity contribution in [3.8, 4) is 0 Å². The normalized spacial score (nSPS) is 10.4. The van der Waals surface area contributed by atoms with Crippen LogP contribution in [0.4, 0.5) is 0 Å². The van der Waals surface area contributed by atoms with Crippen molar-refractivity contribution in [1.82, 2.24) is 5.32 Å². The Morgan fingerprint density at radius 2 is 1.93 bits per heavy atom. The number of amides is 1. The van der Waals surface area contributed by atoms with Gasteiger partial charge in [-0.1, -0.05) is 0 Å². The molecule has 14 heavy (non-hydrogen) atoms. The first-order chi connectivity index (χ1) is 6.15. The maximum atomic E-state index is 10.9. The molecule has 0 aliphatic rings. The maximum Gasteiger partial charge on any atom is 0.326 e. The molecule has 0 heterocycles. The van der Waals surface area contributed by atoms with Gasteiger partial charge in [0.1, 0.15) is 6.04 Å². The van der Waals surface area contributed by atoms with Gasteiger partial charge in [-0.15, -0.1) is 0 Å². The molecule has 0 aliphatic carbocycles. The minimum absolute atomic E-state index is 0. The minimum Gasteiger partial charge on any atom is -0.520 e. The van der Waals surface area contributed by atoms with Crippen LogP contribution in [0.25, 0.3) is 0 Å². The van der Waals surface area contributed by atoms with E-state index in [1.54, 1.807) is 0 Å². The van der Waals surface area contributed by atoms with E-state index in [-0.39, 0.29) is 39.1 Å². The number of carbonyl (C=O) groups excluding carboxylic acids is 3. The summed E-state index contributed by atoms with van der Waals surface area (Å²) in [5.74, 6) is -1.33. The number of rotatable bonds is 5. The zero-order valence-electron chi connectivity index (χ0n) is 7.90. The number of nitrogens with one attached hydrogen (secondary N) is 1. The third-order valence-corrected chi connectivity index (χ3v) is 1.32. The van der Waals surface area contributed by atoms with Crippen LogP contribution in [0, 0.1) is 0 Å². The topological polar surface area (TPSA) is 81.7 Å². The molecule has 0 aliphatic heterocycles. The molecule has 0 fully saturated rings. The monoisotopic (exact) mass is 277 g/mol. The number of methoxy groups -OCH3 is 2. The molecule has 1 amide bonds. The molecule has 1 atom stereocenters. The predicted molar refractivity (Wildman–Crippen MR) is 41.3 cm³/mol. The molecule has 0 rings (SSSR count). The molecule has 1 radical (unpaired) electrons. The van der Waals surface area contributed by atoms with Gasteiger partial charge < -0.3 is 19.6 Å². The van der Waals surface area contributed by atoms with E-state index >= 15 is 0 Å². The summed E-state index contributed by atoms with van der Waals surface area (Å²) < 4.78 is 8.63. The van der Waals surface area contributed by atoms with Gasteiger partial charge in [0.25, 0.3) is 0 Å². The van der Waals surface area contributed by atoms with Gasteiger partial charge in [0.2, 0.25) is 0 Å². The molecular formula is C7H10NO5Y-. The van der Waals surface area contributed by atoms with E-state index in [1.165, 1.54) is 13.5 Å². The van der Waals surface area contributed by atoms with E-state index in [1.807, 2.05) is 5.32 Å². The number of carbonyl (C=O) groups is 2. The smallest absolute Gasteiger partial charge is 0.326 e. The Hall–Kier alpha value is -0.486. The van der Waals surface area contributed by atoms with Gasteiger partial charge in [-0.05, 0) is 0 Å². The molecule has 1 N–H and O–H groups in total. The molecule has 0 aromatic heterocycles. The first-order valence-corrected chi connectivity index (χ1v) is 3.43. The summed E-state index contributed by atoms with van der Waals surface area (Å²) in [4.78, 5) is 31.5. The van der Waals surface area contributed by atoms with Crippen LogP contribution >= 0.6 is 0 Å². The van der Waals surface area contributed by atoms with Crippen molar-refractivity contribution < 1.29 is 56.6 Å². The van der Waals surface area contributed by atoms with Crippen LogP contribution in [-0.4, -0.2) is 38.6 Å². The Morgan fingerprint density at radius 1 is 1.36 bits per heavy atom. The Labute approximate surface area is 107 Å². The van der Waals surface area contributed by atoms with Crippen LogP contribution in [-0.2, 0) is 56.6 Å². The number of ether oxygens (including phenoxy) is 2. The molecule has 0 bridgehead atoms. The summed E-state index contributed by atoms with van der Waals surface area (Å²) in [5, 5.41) is 2.02. The molecule has 0 aromatic rings. The largest absolute Gasteiger partial charge is 0.520 e. The number of hydrogen-bond acceptors (Lipinski definition) is 5. The number of hydrogen-bond donors (Lipinski definition) is 1. The molecule has 0 saturated heterocycles. The molecule has 6 nitrogen and oxygen atoms in total. The summed E-state index contributed by atoms with van der Waals surface area (Å²) in [5.41, 5.74) is 0. The van der Waals surface area contributed by atoms with Crippen molar-refractivity contribution in [2.75, 3.05) is 14.2 Å². The average molecular weight is 277 g/mol. The van der Waals surface area contributed by atoms with Gasteiger partial charge in [0, 0.05) is 32.7 Å². The van der Waals surface area contributed by atoms with Crippen molar-refractivity contribution in [2.24, 2.45) is 0 Å². The fourth-order valence-corrected chi connectivity index (χ4v) is 0.657. The van der Waals surface area contributed by atoms with Crippen LogP contribution in [0.1, 0.15) is 6.42 Å². The maximum absolute atomic E-state index is 10.9. The van der Waals surface area contributed by atoms with Crippen molar-refractivity contribution in [3.63, 3.8) is 0 Å². The van der Waals surface area contributed by atoms with Crippen molar-refractivity contribution in [2.45, 2.75) is 12.5 Å². The average Bonchev–Trinajstić information content (AvgIpc) is 2.15. The standard InChI is InChI=1S/C7H10NO5.Y/c1-12-6(10)3-5(8-4-9)7(11)13-2;/h5H,3H2,1-2H3,(H,8,9);/q-1;/t5-;/m0./s1. The summed E-state index contributed by atoms with van der Waals surface area (Å²) in [7, 11) is 2.33. The molecule has 0 aromatic carbocycles. The molecule has 0 unspecified atom stereocenters. The molecular weight excluding hydrogens is 267 g/mol. The van der Waals surface area contributed by atoms with Crippen LogP contribution < -0.4 is 5.32 Å². The fraction of sp³-hybridized carbons (Fsp3) is 0.571. The second-order valence-corrected chi connectivity index (χ2v) is 2.10. The third kappa shape index (κ3) is 6.04. The van der Waals surface area contributed by atoms with Gasteiger partial charge in [-0.3, -0.25) is 4.79 Å². The van der Waals surface area contributed by atoms with Crippen molar-refractivity contribution in [1.29, 1.82) is 0 Å². The van der Waals surface area contributed by atoms with Gasteiger partial charge in [0.05, 0.1) is 20.6 Å². The van der Waals surface area contributed by atoms with Crippen LogP contribution in [0.2, 0.25) is 0 Å². The molecule has 0 saturated carbocycles. The quantitative estimate of drug-likeness (QED) is 0.385. The zero-order chi connectivity index (χ0) is 10.3. The summed E-state index contributed by atoms with van der Waals surface area (Å²) in [6.45, 7) is 0. The van der Waals surface area contributed by atoms with E-state index in [0.29, 0.717) is 0 Å². The van der Waals surface area contributed by atoms with E-state index in [0.717, 1.165) is 7.11 Å². The van der Waals surface area contributed by atoms with Gasteiger partial charge in [-0.25, -0.2) is 4.79 Å². The second-order valence-electron chi connectivity index (χ2n) is 2.10. The first-order valence-electron chi connectivity index (χ1n) is 3.43. The van der Waals surface area contributed by atoms with E-state index in [4.69, 9.17) is 0 Å². The predicted octanol–water partition coefficient (Wildman–Crippen LogP) is -1.25. The second kappa shape index (κ2) is 9.08. The Bertz CT molecular complexity index is 208. The van der Waals surface area contributed by atoms with Crippen LogP contribution in [0.15, 0.2) is 0 Å². The summed E-state index contributed by atoms with van der Waals surface area (Å²) in [6.07, 6.45) is 1.04. The SMILES string of the molecule is COC(=O)C[C@H](N[C-]=O)C(=O)OC.[Y]. The van der Waals surface area contributed by atoms with Gasteiger partial charge in [0.15, 0.2) is 0 Å². The zero-order valence-corrected chi connectivity index (χ0v) is 10.7. The minimum atomic E-state index is -1.03. The Morgan fingerprint density at radius 3 is 2.29 bits per heavy atom. The number of esters is 2. The van der Waals surface area contributed by atoms with Crippen molar-refractivity contribution in [3.05, 3.63) is 0 Å².